The number of hydrogen-bond acceptors (Lipinski definition) is 5. The minimum atomic E-state index is -1.07. The largest absolute Gasteiger partial charge is 0.469 e. The van der Waals surface area contributed by atoms with Crippen molar-refractivity contribution >= 4 is 16.7 Å². The van der Waals surface area contributed by atoms with Crippen LogP contribution in [0.4, 0.5) is 0 Å². The first-order valence-electron chi connectivity index (χ1n) is 11.3. The molecule has 0 aliphatic carbocycles. The fourth-order valence-electron chi connectivity index (χ4n) is 4.71. The summed E-state index contributed by atoms with van der Waals surface area (Å²) in [5, 5.41) is 1.32. The van der Waals surface area contributed by atoms with Crippen LogP contribution in [0.15, 0.2) is 57.9 Å². The molecule has 1 atom stereocenters. The number of aromatic nitrogens is 1. The molecule has 0 radical (unpaired) electrons. The maximum atomic E-state index is 13.6. The summed E-state index contributed by atoms with van der Waals surface area (Å²) >= 11 is 0. The second kappa shape index (κ2) is 7.71. The van der Waals surface area contributed by atoms with Gasteiger partial charge in [-0.25, -0.2) is 4.79 Å². The molecule has 1 fully saturated rings. The molecule has 0 saturated carbocycles. The van der Waals surface area contributed by atoms with E-state index < -0.39 is 17.9 Å². The molecule has 0 amide bonds. The number of pyridine rings is 1. The lowest BCUT2D eigenvalue weighted by Gasteiger charge is -2.22. The van der Waals surface area contributed by atoms with E-state index in [-0.39, 0.29) is 5.56 Å². The van der Waals surface area contributed by atoms with Gasteiger partial charge in [-0.2, -0.15) is 0 Å². The van der Waals surface area contributed by atoms with Crippen LogP contribution in [0.1, 0.15) is 42.5 Å². The minimum Gasteiger partial charge on any atom is -0.469 e. The van der Waals surface area contributed by atoms with Crippen molar-refractivity contribution in [2.24, 2.45) is 7.05 Å². The van der Waals surface area contributed by atoms with Gasteiger partial charge in [0.15, 0.2) is 6.10 Å². The van der Waals surface area contributed by atoms with E-state index in [9.17, 15) is 9.59 Å². The van der Waals surface area contributed by atoms with Crippen molar-refractivity contribution in [3.05, 3.63) is 81.7 Å². The number of carbonyl (C=O) groups excluding carboxylic acids is 1. The normalized spacial score (nSPS) is 17.4. The van der Waals surface area contributed by atoms with E-state index in [4.69, 9.17) is 13.9 Å². The van der Waals surface area contributed by atoms with Crippen LogP contribution in [0, 0.1) is 20.8 Å². The summed E-state index contributed by atoms with van der Waals surface area (Å²) in [6, 6.07) is 13.9. The highest BCUT2D eigenvalue weighted by Crippen LogP contribution is 2.41. The van der Waals surface area contributed by atoms with Crippen molar-refractivity contribution in [2.45, 2.75) is 46.5 Å². The highest BCUT2D eigenvalue weighted by atomic mass is 16.8. The van der Waals surface area contributed by atoms with Gasteiger partial charge in [-0.15, -0.1) is 0 Å². The zero-order valence-corrected chi connectivity index (χ0v) is 20.2. The standard InChI is InChI=1S/C28H27NO5/c1-15-7-8-19(13-16(15)2)23-21-10-9-18(20-11-12-32-17(20)3)14-22(21)26(30)29(6)24(23)25-27(31)34-28(4,5)33-25/h7-14,25H,1-6H3. The molecule has 2 aromatic heterocycles. The summed E-state index contributed by atoms with van der Waals surface area (Å²) in [7, 11) is 1.68. The van der Waals surface area contributed by atoms with Crippen LogP contribution in [-0.4, -0.2) is 16.3 Å². The second-order valence-corrected chi connectivity index (χ2v) is 9.39. The number of esters is 1. The highest BCUT2D eigenvalue weighted by Gasteiger charge is 2.44. The van der Waals surface area contributed by atoms with Crippen LogP contribution < -0.4 is 5.56 Å². The molecule has 0 bridgehead atoms. The van der Waals surface area contributed by atoms with Crippen LogP contribution in [0.5, 0.6) is 0 Å². The third-order valence-corrected chi connectivity index (χ3v) is 6.62. The monoisotopic (exact) mass is 457 g/mol. The zero-order valence-electron chi connectivity index (χ0n) is 20.2. The van der Waals surface area contributed by atoms with E-state index in [1.165, 1.54) is 4.57 Å². The Morgan fingerprint density at radius 1 is 0.882 bits per heavy atom. The van der Waals surface area contributed by atoms with E-state index in [1.807, 2.05) is 50.2 Å². The molecule has 3 heterocycles. The topological polar surface area (TPSA) is 70.7 Å². The molecule has 6 heteroatoms. The van der Waals surface area contributed by atoms with E-state index >= 15 is 0 Å². The maximum Gasteiger partial charge on any atom is 0.344 e. The van der Waals surface area contributed by atoms with Gasteiger partial charge in [-0.1, -0.05) is 30.3 Å². The first kappa shape index (κ1) is 22.2. The average Bonchev–Trinajstić information content (AvgIpc) is 3.33. The number of cyclic esters (lactones) is 1. The molecule has 1 saturated heterocycles. The van der Waals surface area contributed by atoms with Crippen molar-refractivity contribution in [2.75, 3.05) is 0 Å². The highest BCUT2D eigenvalue weighted by molar-refractivity contribution is 6.01. The lowest BCUT2D eigenvalue weighted by molar-refractivity contribution is -0.161. The Bertz CT molecular complexity index is 1520. The van der Waals surface area contributed by atoms with Crippen LogP contribution in [0.25, 0.3) is 33.0 Å². The van der Waals surface area contributed by atoms with Gasteiger partial charge in [-0.05, 0) is 60.5 Å². The van der Waals surface area contributed by atoms with Gasteiger partial charge in [0.1, 0.15) is 5.76 Å². The molecular formula is C28H27NO5. The Kier molecular flexibility index (Phi) is 5.02. The van der Waals surface area contributed by atoms with Gasteiger partial charge in [0.25, 0.3) is 5.56 Å². The third kappa shape index (κ3) is 3.46. The molecule has 0 spiro atoms. The lowest BCUT2D eigenvalue weighted by atomic mass is 9.91. The quantitative estimate of drug-likeness (QED) is 0.367. The third-order valence-electron chi connectivity index (χ3n) is 6.62. The van der Waals surface area contributed by atoms with E-state index in [1.54, 1.807) is 27.2 Å². The maximum absolute atomic E-state index is 13.6. The number of rotatable bonds is 3. The van der Waals surface area contributed by atoms with Crippen molar-refractivity contribution < 1.29 is 18.7 Å². The van der Waals surface area contributed by atoms with Gasteiger partial charge in [-0.3, -0.25) is 4.79 Å². The molecule has 6 nitrogen and oxygen atoms in total. The molecule has 1 unspecified atom stereocenters. The lowest BCUT2D eigenvalue weighted by Crippen LogP contribution is -2.26. The molecular weight excluding hydrogens is 430 g/mol. The number of furan rings is 1. The number of nitrogens with zero attached hydrogens (tertiary/aromatic N) is 1. The number of hydrogen-bond donors (Lipinski definition) is 0. The summed E-state index contributed by atoms with van der Waals surface area (Å²) in [5.74, 6) is -0.794. The Morgan fingerprint density at radius 3 is 2.24 bits per heavy atom. The SMILES string of the molecule is Cc1ccc(-c2c(C3OC(C)(C)OC3=O)n(C)c(=O)c3cc(-c4ccoc4C)ccc23)cc1C. The Morgan fingerprint density at radius 2 is 1.62 bits per heavy atom. The van der Waals surface area contributed by atoms with E-state index in [0.717, 1.165) is 44.5 Å². The van der Waals surface area contributed by atoms with Crippen molar-refractivity contribution in [3.8, 4) is 22.3 Å². The van der Waals surface area contributed by atoms with Crippen LogP contribution in [0.2, 0.25) is 0 Å². The fraction of sp³-hybridized carbons (Fsp3) is 0.286. The van der Waals surface area contributed by atoms with Crippen molar-refractivity contribution in [3.63, 3.8) is 0 Å². The molecule has 1 aliphatic rings. The van der Waals surface area contributed by atoms with Crippen molar-refractivity contribution in [1.82, 2.24) is 4.57 Å². The van der Waals surface area contributed by atoms with Crippen LogP contribution in [0.3, 0.4) is 0 Å². The summed E-state index contributed by atoms with van der Waals surface area (Å²) < 4.78 is 18.4. The Balaban J connectivity index is 1.86. The van der Waals surface area contributed by atoms with Crippen molar-refractivity contribution in [1.29, 1.82) is 0 Å². The van der Waals surface area contributed by atoms with Crippen LogP contribution >= 0.6 is 0 Å². The summed E-state index contributed by atoms with van der Waals surface area (Å²) in [6.07, 6.45) is 0.631. The van der Waals surface area contributed by atoms with Gasteiger partial charge < -0.3 is 18.5 Å². The number of ether oxygens (including phenoxy) is 2. The predicted molar refractivity (Wildman–Crippen MR) is 131 cm³/mol. The number of benzene rings is 2. The Labute approximate surface area is 197 Å². The smallest absolute Gasteiger partial charge is 0.344 e. The first-order chi connectivity index (χ1) is 16.1. The van der Waals surface area contributed by atoms with Gasteiger partial charge in [0, 0.05) is 37.4 Å². The first-order valence-corrected chi connectivity index (χ1v) is 11.3. The average molecular weight is 458 g/mol. The van der Waals surface area contributed by atoms with E-state index in [2.05, 4.69) is 13.0 Å². The summed E-state index contributed by atoms with van der Waals surface area (Å²) in [4.78, 5) is 26.5. The second-order valence-electron chi connectivity index (χ2n) is 9.39. The Hall–Kier alpha value is -3.64. The fourth-order valence-corrected chi connectivity index (χ4v) is 4.71. The molecule has 5 rings (SSSR count). The molecule has 34 heavy (non-hydrogen) atoms. The predicted octanol–water partition coefficient (Wildman–Crippen LogP) is 5.74. The number of aryl methyl sites for hydroxylation is 3. The molecule has 2 aromatic carbocycles. The molecule has 0 N–H and O–H groups in total. The van der Waals surface area contributed by atoms with Gasteiger partial charge >= 0.3 is 5.97 Å². The van der Waals surface area contributed by atoms with E-state index in [0.29, 0.717) is 11.1 Å². The number of carbonyl (C=O) groups is 1. The van der Waals surface area contributed by atoms with Gasteiger partial charge in [0.2, 0.25) is 5.79 Å². The number of fused-ring (bicyclic) bond motifs is 1. The summed E-state index contributed by atoms with van der Waals surface area (Å²) in [5.41, 5.74) is 6.09. The molecule has 1 aliphatic heterocycles. The van der Waals surface area contributed by atoms with Gasteiger partial charge in [0.05, 0.1) is 12.0 Å². The molecule has 4 aromatic rings. The summed E-state index contributed by atoms with van der Waals surface area (Å²) in [6.45, 7) is 9.38. The van der Waals surface area contributed by atoms with Crippen LogP contribution in [-0.2, 0) is 21.3 Å². The minimum absolute atomic E-state index is 0.207. The molecule has 174 valence electrons. The zero-order chi connectivity index (χ0) is 24.4.